The van der Waals surface area contributed by atoms with Crippen LogP contribution in [0, 0.1) is 19.8 Å². The van der Waals surface area contributed by atoms with E-state index in [4.69, 9.17) is 9.47 Å². The summed E-state index contributed by atoms with van der Waals surface area (Å²) in [6.45, 7) is 10.3. The molecule has 3 aliphatic rings. The molecule has 5 rings (SSSR count). The summed E-state index contributed by atoms with van der Waals surface area (Å²) >= 11 is 0. The Labute approximate surface area is 252 Å². The Morgan fingerprint density at radius 3 is 2.49 bits per heavy atom. The second-order valence-electron chi connectivity index (χ2n) is 13.3. The lowest BCUT2D eigenvalue weighted by Crippen LogP contribution is -2.49. The summed E-state index contributed by atoms with van der Waals surface area (Å²) in [6, 6.07) is 1.86. The first-order valence-corrected chi connectivity index (χ1v) is 15.4. The van der Waals surface area contributed by atoms with Crippen molar-refractivity contribution in [2.75, 3.05) is 13.1 Å². The van der Waals surface area contributed by atoms with Gasteiger partial charge in [0.05, 0.1) is 5.57 Å². The van der Waals surface area contributed by atoms with Crippen LogP contribution in [-0.2, 0) is 25.5 Å². The van der Waals surface area contributed by atoms with Gasteiger partial charge in [-0.25, -0.2) is 19.1 Å². The fourth-order valence-corrected chi connectivity index (χ4v) is 6.59. The summed E-state index contributed by atoms with van der Waals surface area (Å²) in [5.41, 5.74) is 0.364. The average Bonchev–Trinajstić information content (AvgIpc) is 3.60. The SMILES string of the molecule is Cc1cc(C)n2nc(CC3=C(O)CC(CCC(=O)NC4CCN(C(=O)OC(C)(C)C)CC4)(C4CCCC4)OC3=O)nc2n1. The van der Waals surface area contributed by atoms with Crippen LogP contribution < -0.4 is 5.32 Å². The number of hydrogen-bond donors (Lipinski definition) is 2. The van der Waals surface area contributed by atoms with Crippen LogP contribution in [0.15, 0.2) is 17.4 Å². The maximum absolute atomic E-state index is 13.4. The van der Waals surface area contributed by atoms with Gasteiger partial charge in [0.2, 0.25) is 5.91 Å². The minimum Gasteiger partial charge on any atom is -0.512 e. The normalized spacial score (nSPS) is 22.3. The smallest absolute Gasteiger partial charge is 0.410 e. The van der Waals surface area contributed by atoms with Gasteiger partial charge in [-0.1, -0.05) is 12.8 Å². The second-order valence-corrected chi connectivity index (χ2v) is 13.3. The van der Waals surface area contributed by atoms with Gasteiger partial charge in [-0.2, -0.15) is 4.98 Å². The van der Waals surface area contributed by atoms with Crippen molar-refractivity contribution in [2.24, 2.45) is 5.92 Å². The highest BCUT2D eigenvalue weighted by Crippen LogP contribution is 2.46. The van der Waals surface area contributed by atoms with E-state index in [1.54, 1.807) is 9.42 Å². The number of cyclic esters (lactones) is 1. The van der Waals surface area contributed by atoms with Crippen LogP contribution in [0.3, 0.4) is 0 Å². The van der Waals surface area contributed by atoms with Crippen molar-refractivity contribution in [1.29, 1.82) is 0 Å². The van der Waals surface area contributed by atoms with Crippen molar-refractivity contribution in [3.05, 3.63) is 34.6 Å². The third kappa shape index (κ3) is 7.10. The molecule has 2 N–H and O–H groups in total. The first-order valence-electron chi connectivity index (χ1n) is 15.4. The lowest BCUT2D eigenvalue weighted by atomic mass is 9.76. The summed E-state index contributed by atoms with van der Waals surface area (Å²) in [4.78, 5) is 49.4. The molecule has 1 atom stereocenters. The zero-order valence-electron chi connectivity index (χ0n) is 25.9. The highest BCUT2D eigenvalue weighted by molar-refractivity contribution is 5.90. The molecule has 0 aromatic carbocycles. The largest absolute Gasteiger partial charge is 0.512 e. The number of aryl methyl sites for hydroxylation is 2. The molecular formula is C31H44N6O6. The van der Waals surface area contributed by atoms with Crippen molar-refractivity contribution in [3.63, 3.8) is 0 Å². The van der Waals surface area contributed by atoms with Crippen molar-refractivity contribution >= 4 is 23.7 Å². The lowest BCUT2D eigenvalue weighted by molar-refractivity contribution is -0.168. The fraction of sp³-hybridized carbons (Fsp3) is 0.677. The highest BCUT2D eigenvalue weighted by atomic mass is 16.6. The number of amides is 2. The number of carbonyl (C=O) groups is 3. The van der Waals surface area contributed by atoms with E-state index in [-0.39, 0.29) is 54.6 Å². The maximum Gasteiger partial charge on any atom is 0.410 e. The topological polar surface area (TPSA) is 148 Å². The Bertz CT molecular complexity index is 1410. The number of aromatic nitrogens is 4. The molecule has 0 radical (unpaired) electrons. The molecule has 43 heavy (non-hydrogen) atoms. The Kier molecular flexibility index (Phi) is 8.67. The standard InChI is InChI=1S/C31H44N6O6/c1-19-16-20(2)37-28(32-19)34-25(35-37)17-23-24(38)18-31(42-27(23)40,21-8-6-7-9-21)13-10-26(39)33-22-11-14-36(15-12-22)29(41)43-30(3,4)5/h16,21-22,38H,6-15,17-18H2,1-5H3,(H,33,39). The number of rotatable bonds is 7. The number of esters is 1. The van der Waals surface area contributed by atoms with Crippen LogP contribution in [0.5, 0.6) is 0 Å². The molecule has 1 unspecified atom stereocenters. The molecule has 2 aromatic heterocycles. The lowest BCUT2D eigenvalue weighted by Gasteiger charge is -2.41. The molecule has 1 saturated carbocycles. The van der Waals surface area contributed by atoms with Gasteiger partial charge in [0.15, 0.2) is 5.82 Å². The summed E-state index contributed by atoms with van der Waals surface area (Å²) in [7, 11) is 0. The minimum absolute atomic E-state index is 0.0159. The molecule has 12 nitrogen and oxygen atoms in total. The van der Waals surface area contributed by atoms with Crippen molar-refractivity contribution in [3.8, 4) is 0 Å². The van der Waals surface area contributed by atoms with Gasteiger partial charge in [-0.05, 0) is 78.7 Å². The van der Waals surface area contributed by atoms with E-state index >= 15 is 0 Å². The van der Waals surface area contributed by atoms with Crippen molar-refractivity contribution in [1.82, 2.24) is 29.8 Å². The molecule has 2 aliphatic heterocycles. The highest BCUT2D eigenvalue weighted by Gasteiger charge is 2.48. The zero-order chi connectivity index (χ0) is 30.9. The molecule has 12 heteroatoms. The zero-order valence-corrected chi connectivity index (χ0v) is 25.9. The predicted octanol–water partition coefficient (Wildman–Crippen LogP) is 4.27. The Hall–Kier alpha value is -3.70. The second kappa shape index (κ2) is 12.1. The van der Waals surface area contributed by atoms with E-state index < -0.39 is 17.2 Å². The Morgan fingerprint density at radius 1 is 1.14 bits per heavy atom. The van der Waals surface area contributed by atoms with E-state index in [9.17, 15) is 19.5 Å². The van der Waals surface area contributed by atoms with E-state index in [1.165, 1.54) is 0 Å². The van der Waals surface area contributed by atoms with Gasteiger partial charge < -0.3 is 24.8 Å². The van der Waals surface area contributed by atoms with E-state index in [0.717, 1.165) is 37.1 Å². The van der Waals surface area contributed by atoms with E-state index in [0.29, 0.717) is 44.0 Å². The number of hydrogen-bond acceptors (Lipinski definition) is 9. The van der Waals surface area contributed by atoms with Crippen LogP contribution in [-0.4, -0.2) is 77.9 Å². The number of fused-ring (bicyclic) bond motifs is 1. The number of ether oxygens (including phenoxy) is 2. The Balaban J connectivity index is 1.22. The molecule has 0 spiro atoms. The molecule has 4 heterocycles. The fourth-order valence-electron chi connectivity index (χ4n) is 6.59. The van der Waals surface area contributed by atoms with Gasteiger partial charge in [0, 0.05) is 49.8 Å². The van der Waals surface area contributed by atoms with Crippen LogP contribution in [0.1, 0.15) is 95.8 Å². The molecule has 2 fully saturated rings. The maximum atomic E-state index is 13.4. The summed E-state index contributed by atoms with van der Waals surface area (Å²) in [5, 5.41) is 18.8. The molecule has 0 bridgehead atoms. The van der Waals surface area contributed by atoms with Crippen molar-refractivity contribution in [2.45, 2.75) is 116 Å². The van der Waals surface area contributed by atoms with Gasteiger partial charge in [-0.15, -0.1) is 5.10 Å². The molecule has 1 aliphatic carbocycles. The monoisotopic (exact) mass is 596 g/mol. The third-order valence-corrected chi connectivity index (χ3v) is 8.74. The average molecular weight is 597 g/mol. The first kappa shape index (κ1) is 30.7. The van der Waals surface area contributed by atoms with Crippen LogP contribution in [0.25, 0.3) is 5.78 Å². The quantitative estimate of drug-likeness (QED) is 0.447. The number of nitrogens with one attached hydrogen (secondary N) is 1. The molecule has 1 saturated heterocycles. The first-order chi connectivity index (χ1) is 20.3. The van der Waals surface area contributed by atoms with Gasteiger partial charge >= 0.3 is 12.1 Å². The minimum atomic E-state index is -0.930. The number of carbonyl (C=O) groups excluding carboxylic acids is 3. The number of piperidine rings is 1. The Morgan fingerprint density at radius 2 is 1.84 bits per heavy atom. The number of likely N-dealkylation sites (tertiary alicyclic amines) is 1. The summed E-state index contributed by atoms with van der Waals surface area (Å²) in [5.74, 6) is 0.186. The van der Waals surface area contributed by atoms with Crippen LogP contribution >= 0.6 is 0 Å². The predicted molar refractivity (Wildman–Crippen MR) is 157 cm³/mol. The van der Waals surface area contributed by atoms with Crippen LogP contribution in [0.4, 0.5) is 4.79 Å². The van der Waals surface area contributed by atoms with Gasteiger partial charge in [0.1, 0.15) is 17.0 Å². The summed E-state index contributed by atoms with van der Waals surface area (Å²) in [6.07, 6.45) is 5.51. The molecule has 234 valence electrons. The third-order valence-electron chi connectivity index (χ3n) is 8.74. The molecule has 2 aromatic rings. The summed E-state index contributed by atoms with van der Waals surface area (Å²) < 4.78 is 13.3. The number of nitrogens with zero attached hydrogens (tertiary/aromatic N) is 5. The molecular weight excluding hydrogens is 552 g/mol. The number of aliphatic hydroxyl groups excluding tert-OH is 1. The van der Waals surface area contributed by atoms with Crippen LogP contribution in [0.2, 0.25) is 0 Å². The van der Waals surface area contributed by atoms with Gasteiger partial charge in [0.25, 0.3) is 5.78 Å². The van der Waals surface area contributed by atoms with Crippen molar-refractivity contribution < 1.29 is 29.0 Å². The molecule has 2 amide bonds. The van der Waals surface area contributed by atoms with Gasteiger partial charge in [-0.3, -0.25) is 4.79 Å². The number of aliphatic hydroxyl groups is 1. The van der Waals surface area contributed by atoms with E-state index in [1.807, 2.05) is 40.7 Å². The van der Waals surface area contributed by atoms with E-state index in [2.05, 4.69) is 20.4 Å².